The van der Waals surface area contributed by atoms with Crippen molar-refractivity contribution in [1.29, 1.82) is 0 Å². The number of halogens is 1. The second kappa shape index (κ2) is 6.08. The second-order valence-corrected chi connectivity index (χ2v) is 10.8. The predicted octanol–water partition coefficient (Wildman–Crippen LogP) is 4.15. The van der Waals surface area contributed by atoms with Crippen LogP contribution in [-0.4, -0.2) is 31.9 Å². The summed E-state index contributed by atoms with van der Waals surface area (Å²) < 4.78 is 28.9. The molecule has 1 fully saturated rings. The minimum atomic E-state index is -3.48. The molecular formula is C20H23BrN2O2S. The minimum absolute atomic E-state index is 0.105. The molecule has 4 rings (SSSR count). The first-order valence-corrected chi connectivity index (χ1v) is 11.1. The molecule has 0 spiro atoms. The first-order valence-electron chi connectivity index (χ1n) is 8.83. The summed E-state index contributed by atoms with van der Waals surface area (Å²) in [6.45, 7) is 7.44. The summed E-state index contributed by atoms with van der Waals surface area (Å²) in [6, 6.07) is 13.5. The van der Waals surface area contributed by atoms with E-state index >= 15 is 0 Å². The van der Waals surface area contributed by atoms with Crippen molar-refractivity contribution in [2.24, 2.45) is 5.92 Å². The van der Waals surface area contributed by atoms with E-state index in [-0.39, 0.29) is 17.4 Å². The maximum Gasteiger partial charge on any atom is 0.243 e. The highest BCUT2D eigenvalue weighted by Crippen LogP contribution is 2.47. The lowest BCUT2D eigenvalue weighted by atomic mass is 9.68. The first-order chi connectivity index (χ1) is 12.2. The van der Waals surface area contributed by atoms with Gasteiger partial charge in [0.1, 0.15) is 0 Å². The Morgan fingerprint density at radius 2 is 1.81 bits per heavy atom. The van der Waals surface area contributed by atoms with Gasteiger partial charge in [-0.1, -0.05) is 47.5 Å². The van der Waals surface area contributed by atoms with Crippen LogP contribution in [0.4, 0.5) is 5.69 Å². The Balaban J connectivity index is 1.68. The largest absolute Gasteiger partial charge is 0.380 e. The highest BCUT2D eigenvalue weighted by atomic mass is 79.9. The Labute approximate surface area is 163 Å². The molecule has 0 aliphatic carbocycles. The maximum atomic E-state index is 13.1. The molecule has 0 radical (unpaired) electrons. The first kappa shape index (κ1) is 18.0. The van der Waals surface area contributed by atoms with Gasteiger partial charge in [-0.25, -0.2) is 8.42 Å². The van der Waals surface area contributed by atoms with Crippen molar-refractivity contribution in [3.05, 3.63) is 58.1 Å². The Morgan fingerprint density at radius 1 is 1.12 bits per heavy atom. The van der Waals surface area contributed by atoms with E-state index in [0.717, 1.165) is 15.7 Å². The molecule has 138 valence electrons. The molecule has 0 amide bonds. The number of benzene rings is 2. The number of hydrogen-bond acceptors (Lipinski definition) is 3. The third-order valence-corrected chi connectivity index (χ3v) is 8.23. The van der Waals surface area contributed by atoms with Gasteiger partial charge in [0.2, 0.25) is 10.0 Å². The van der Waals surface area contributed by atoms with Crippen LogP contribution in [0, 0.1) is 12.8 Å². The van der Waals surface area contributed by atoms with E-state index < -0.39 is 10.0 Å². The fourth-order valence-electron chi connectivity index (χ4n) is 4.28. The van der Waals surface area contributed by atoms with E-state index in [2.05, 4.69) is 47.2 Å². The summed E-state index contributed by atoms with van der Waals surface area (Å²) in [6.07, 6.45) is 0. The summed E-state index contributed by atoms with van der Waals surface area (Å²) in [7, 11) is -3.48. The number of fused-ring (bicyclic) bond motifs is 2. The van der Waals surface area contributed by atoms with Crippen LogP contribution in [0.1, 0.15) is 25.0 Å². The number of nitrogens with zero attached hydrogens (tertiary/aromatic N) is 1. The third-order valence-electron chi connectivity index (χ3n) is 5.89. The second-order valence-electron chi connectivity index (χ2n) is 7.90. The van der Waals surface area contributed by atoms with Gasteiger partial charge in [-0.2, -0.15) is 4.31 Å². The van der Waals surface area contributed by atoms with Crippen molar-refractivity contribution in [3.8, 4) is 0 Å². The molecule has 2 heterocycles. The molecule has 6 heteroatoms. The Morgan fingerprint density at radius 3 is 2.50 bits per heavy atom. The molecule has 26 heavy (non-hydrogen) atoms. The van der Waals surface area contributed by atoms with E-state index in [1.807, 2.05) is 25.1 Å². The van der Waals surface area contributed by atoms with E-state index in [4.69, 9.17) is 0 Å². The lowest BCUT2D eigenvalue weighted by Crippen LogP contribution is -2.45. The zero-order valence-electron chi connectivity index (χ0n) is 15.2. The van der Waals surface area contributed by atoms with Crippen LogP contribution < -0.4 is 5.32 Å². The van der Waals surface area contributed by atoms with Gasteiger partial charge < -0.3 is 5.32 Å². The van der Waals surface area contributed by atoms with Crippen molar-refractivity contribution < 1.29 is 8.42 Å². The maximum absolute atomic E-state index is 13.1. The molecular weight excluding hydrogens is 412 g/mol. The average Bonchev–Trinajstić information content (AvgIpc) is 3.02. The van der Waals surface area contributed by atoms with Gasteiger partial charge >= 0.3 is 0 Å². The highest BCUT2D eigenvalue weighted by Gasteiger charge is 2.50. The molecule has 2 aliphatic heterocycles. The van der Waals surface area contributed by atoms with Crippen LogP contribution in [0.2, 0.25) is 0 Å². The summed E-state index contributed by atoms with van der Waals surface area (Å²) in [5, 5.41) is 3.58. The van der Waals surface area contributed by atoms with E-state index in [0.29, 0.717) is 18.0 Å². The molecule has 0 aromatic heterocycles. The molecule has 2 aromatic carbocycles. The highest BCUT2D eigenvalue weighted by molar-refractivity contribution is 9.10. The van der Waals surface area contributed by atoms with Gasteiger partial charge in [0, 0.05) is 35.2 Å². The molecule has 4 nitrogen and oxygen atoms in total. The molecule has 0 saturated carbocycles. The van der Waals surface area contributed by atoms with Crippen LogP contribution in [0.3, 0.4) is 0 Å². The third kappa shape index (κ3) is 2.79. The molecule has 2 aromatic rings. The Bertz CT molecular complexity index is 954. The summed E-state index contributed by atoms with van der Waals surface area (Å²) in [5.74, 6) is 0.226. The van der Waals surface area contributed by atoms with Gasteiger partial charge in [0.15, 0.2) is 0 Å². The Hall–Kier alpha value is -1.37. The SMILES string of the molecule is Cc1ccc(S(=O)(=O)N2C[C@@H]3Nc4ccc(Br)cc4C(C)(C)[C@H]3C2)cc1. The predicted molar refractivity (Wildman–Crippen MR) is 108 cm³/mol. The number of hydrogen-bond donors (Lipinski definition) is 1. The number of rotatable bonds is 2. The lowest BCUT2D eigenvalue weighted by Gasteiger charge is -2.42. The summed E-state index contributed by atoms with van der Waals surface area (Å²) in [4.78, 5) is 0.375. The van der Waals surface area contributed by atoms with Crippen LogP contribution in [0.15, 0.2) is 51.8 Å². The van der Waals surface area contributed by atoms with E-state index in [1.165, 1.54) is 5.56 Å². The standard InChI is InChI=1S/C20H23BrN2O2S/c1-13-4-7-15(8-5-13)26(24,25)23-11-17-19(12-23)22-18-9-6-14(21)10-16(18)20(17,2)3/h4-10,17,19,22H,11-12H2,1-3H3/t17-,19-/m0/s1. The quantitative estimate of drug-likeness (QED) is 0.771. The van der Waals surface area contributed by atoms with Crippen molar-refractivity contribution in [1.82, 2.24) is 4.31 Å². The van der Waals surface area contributed by atoms with Crippen LogP contribution >= 0.6 is 15.9 Å². The summed E-state index contributed by atoms with van der Waals surface area (Å²) in [5.41, 5.74) is 3.30. The topological polar surface area (TPSA) is 49.4 Å². The number of anilines is 1. The van der Waals surface area contributed by atoms with Crippen molar-refractivity contribution >= 4 is 31.6 Å². The van der Waals surface area contributed by atoms with Gasteiger partial charge in [-0.05, 0) is 48.2 Å². The molecule has 1 N–H and O–H groups in total. The van der Waals surface area contributed by atoms with E-state index in [1.54, 1.807) is 16.4 Å². The van der Waals surface area contributed by atoms with Gasteiger partial charge in [0.25, 0.3) is 0 Å². The fourth-order valence-corrected chi connectivity index (χ4v) is 6.13. The smallest absolute Gasteiger partial charge is 0.243 e. The van der Waals surface area contributed by atoms with Crippen molar-refractivity contribution in [2.75, 3.05) is 18.4 Å². The fraction of sp³-hybridized carbons (Fsp3) is 0.400. The van der Waals surface area contributed by atoms with Crippen molar-refractivity contribution in [2.45, 2.75) is 37.1 Å². The van der Waals surface area contributed by atoms with Crippen LogP contribution in [-0.2, 0) is 15.4 Å². The molecule has 0 unspecified atom stereocenters. The molecule has 0 bridgehead atoms. The zero-order valence-corrected chi connectivity index (χ0v) is 17.6. The monoisotopic (exact) mass is 434 g/mol. The number of sulfonamides is 1. The molecule has 2 atom stereocenters. The number of aryl methyl sites for hydroxylation is 1. The molecule has 1 saturated heterocycles. The van der Waals surface area contributed by atoms with Crippen LogP contribution in [0.5, 0.6) is 0 Å². The summed E-state index contributed by atoms with van der Waals surface area (Å²) >= 11 is 3.56. The molecule has 2 aliphatic rings. The van der Waals surface area contributed by atoms with Gasteiger partial charge in [-0.15, -0.1) is 0 Å². The van der Waals surface area contributed by atoms with E-state index in [9.17, 15) is 8.42 Å². The lowest BCUT2D eigenvalue weighted by molar-refractivity contribution is 0.304. The zero-order chi connectivity index (χ0) is 18.7. The van der Waals surface area contributed by atoms with Gasteiger partial charge in [0.05, 0.1) is 4.90 Å². The minimum Gasteiger partial charge on any atom is -0.380 e. The van der Waals surface area contributed by atoms with Crippen LogP contribution in [0.25, 0.3) is 0 Å². The van der Waals surface area contributed by atoms with Gasteiger partial charge in [-0.3, -0.25) is 0 Å². The van der Waals surface area contributed by atoms with Crippen molar-refractivity contribution in [3.63, 3.8) is 0 Å². The average molecular weight is 435 g/mol. The Kier molecular flexibility index (Phi) is 4.21. The normalized spacial score (nSPS) is 24.6. The number of nitrogens with one attached hydrogen (secondary N) is 1.